The molecule has 118 valence electrons. The Morgan fingerprint density at radius 3 is 1.54 bits per heavy atom. The van der Waals surface area contributed by atoms with E-state index >= 15 is 0 Å². The van der Waals surface area contributed by atoms with E-state index in [0.29, 0.717) is 12.8 Å². The van der Waals surface area contributed by atoms with Crippen molar-refractivity contribution in [3.63, 3.8) is 0 Å². The molecule has 2 unspecified atom stereocenters. The quantitative estimate of drug-likeness (QED) is 0.374. The molecule has 24 heavy (non-hydrogen) atoms. The van der Waals surface area contributed by atoms with Crippen LogP contribution in [0.25, 0.3) is 0 Å². The Morgan fingerprint density at radius 2 is 1.25 bits per heavy atom. The first-order chi connectivity index (χ1) is 10.5. The summed E-state index contributed by atoms with van der Waals surface area (Å²) in [5, 5.41) is 21.6. The first-order valence-corrected chi connectivity index (χ1v) is 7.34. The SMILES string of the molecule is O=C([O-])CCC12CCC(CCC(=O)[O-])(OO1)c1ccccc12.[Na+].[Na+]. The molecule has 0 spiro atoms. The Kier molecular flexibility index (Phi) is 7.97. The van der Waals surface area contributed by atoms with Crippen molar-refractivity contribution in [2.24, 2.45) is 0 Å². The molecular formula is C16H16Na2O6. The number of rotatable bonds is 6. The Hall–Kier alpha value is 0.0800. The first kappa shape index (κ1) is 22.1. The summed E-state index contributed by atoms with van der Waals surface area (Å²) in [7, 11) is 0. The molecule has 3 aliphatic rings. The molecule has 1 aliphatic carbocycles. The van der Waals surface area contributed by atoms with Gasteiger partial charge in [-0.05, 0) is 49.7 Å². The van der Waals surface area contributed by atoms with E-state index in [4.69, 9.17) is 9.78 Å². The van der Waals surface area contributed by atoms with Gasteiger partial charge in [0.15, 0.2) is 0 Å². The molecule has 0 amide bonds. The average Bonchev–Trinajstić information content (AvgIpc) is 2.53. The molecule has 2 atom stereocenters. The van der Waals surface area contributed by atoms with Crippen molar-refractivity contribution in [2.45, 2.75) is 49.7 Å². The number of hydrogen-bond donors (Lipinski definition) is 0. The zero-order valence-electron chi connectivity index (χ0n) is 14.0. The molecular weight excluding hydrogens is 334 g/mol. The predicted octanol–water partition coefficient (Wildman–Crippen LogP) is -6.10. The molecule has 0 radical (unpaired) electrons. The maximum absolute atomic E-state index is 10.8. The summed E-state index contributed by atoms with van der Waals surface area (Å²) in [5.74, 6) is -2.26. The van der Waals surface area contributed by atoms with Gasteiger partial charge in [0.2, 0.25) is 0 Å². The fraction of sp³-hybridized carbons (Fsp3) is 0.500. The zero-order chi connectivity index (χ0) is 15.8. The van der Waals surface area contributed by atoms with Gasteiger partial charge < -0.3 is 19.8 Å². The normalized spacial score (nSPS) is 26.7. The minimum absolute atomic E-state index is 0. The standard InChI is InChI=1S/C16H18O6.2Na/c17-13(18)5-7-15-9-10-16(22-21-15,8-6-14(19)20)12-4-2-1-3-11(12)15;;/h1-4H,5-10H2,(H,17,18)(H,19,20);;/q;2*+1/p-2. The van der Waals surface area contributed by atoms with E-state index in [1.54, 1.807) is 0 Å². The summed E-state index contributed by atoms with van der Waals surface area (Å²) in [5.41, 5.74) is 0.180. The third-order valence-corrected chi connectivity index (χ3v) is 4.67. The van der Waals surface area contributed by atoms with Crippen molar-refractivity contribution in [1.82, 2.24) is 0 Å². The summed E-state index contributed by atoms with van der Waals surface area (Å²) in [6.07, 6.45) is 1.47. The molecule has 2 heterocycles. The van der Waals surface area contributed by atoms with Gasteiger partial charge in [0.25, 0.3) is 0 Å². The van der Waals surface area contributed by atoms with E-state index in [0.717, 1.165) is 11.1 Å². The van der Waals surface area contributed by atoms with Gasteiger partial charge in [0.05, 0.1) is 0 Å². The molecule has 0 saturated carbocycles. The number of carbonyl (C=O) groups excluding carboxylic acids is 2. The minimum Gasteiger partial charge on any atom is -0.550 e. The number of aliphatic carboxylic acids is 2. The molecule has 2 bridgehead atoms. The number of hydrogen-bond acceptors (Lipinski definition) is 6. The van der Waals surface area contributed by atoms with Gasteiger partial charge >= 0.3 is 59.1 Å². The molecule has 2 aliphatic heterocycles. The third kappa shape index (κ3) is 4.07. The van der Waals surface area contributed by atoms with Gasteiger partial charge in [-0.2, -0.15) is 0 Å². The number of carbonyl (C=O) groups is 2. The molecule has 0 N–H and O–H groups in total. The molecule has 1 aromatic rings. The molecule has 1 saturated heterocycles. The van der Waals surface area contributed by atoms with Crippen LogP contribution in [0.5, 0.6) is 0 Å². The molecule has 4 rings (SSSR count). The monoisotopic (exact) mass is 350 g/mol. The topological polar surface area (TPSA) is 98.7 Å². The van der Waals surface area contributed by atoms with E-state index in [9.17, 15) is 19.8 Å². The van der Waals surface area contributed by atoms with Crippen LogP contribution in [0.3, 0.4) is 0 Å². The number of fused-ring (bicyclic) bond motifs is 2. The van der Waals surface area contributed by atoms with Gasteiger partial charge in [0.1, 0.15) is 11.2 Å². The minimum atomic E-state index is -1.13. The number of carboxylic acid groups (broad SMARTS) is 2. The molecule has 1 aromatic carbocycles. The van der Waals surface area contributed by atoms with Crippen molar-refractivity contribution in [3.05, 3.63) is 35.4 Å². The van der Waals surface area contributed by atoms with Crippen LogP contribution in [0, 0.1) is 0 Å². The average molecular weight is 350 g/mol. The maximum Gasteiger partial charge on any atom is 1.00 e. The summed E-state index contributed by atoms with van der Waals surface area (Å²) in [6, 6.07) is 7.49. The van der Waals surface area contributed by atoms with Crippen LogP contribution in [0.1, 0.15) is 49.7 Å². The first-order valence-electron chi connectivity index (χ1n) is 7.34. The van der Waals surface area contributed by atoms with E-state index < -0.39 is 23.1 Å². The Morgan fingerprint density at radius 1 is 0.875 bits per heavy atom. The van der Waals surface area contributed by atoms with Crippen molar-refractivity contribution in [1.29, 1.82) is 0 Å². The maximum atomic E-state index is 10.8. The Labute approximate surface area is 184 Å². The summed E-state index contributed by atoms with van der Waals surface area (Å²) < 4.78 is 0. The largest absolute Gasteiger partial charge is 1.00 e. The zero-order valence-corrected chi connectivity index (χ0v) is 18.0. The van der Waals surface area contributed by atoms with E-state index in [-0.39, 0.29) is 84.8 Å². The van der Waals surface area contributed by atoms with Crippen LogP contribution < -0.4 is 69.3 Å². The Bertz CT molecular complexity index is 557. The van der Waals surface area contributed by atoms with Crippen molar-refractivity contribution in [2.75, 3.05) is 0 Å². The smallest absolute Gasteiger partial charge is 0.550 e. The van der Waals surface area contributed by atoms with E-state index in [2.05, 4.69) is 0 Å². The van der Waals surface area contributed by atoms with Crippen molar-refractivity contribution in [3.8, 4) is 0 Å². The second kappa shape index (κ2) is 8.64. The van der Waals surface area contributed by atoms with E-state index in [1.165, 1.54) is 0 Å². The summed E-state index contributed by atoms with van der Waals surface area (Å²) in [6.45, 7) is 0. The van der Waals surface area contributed by atoms with Crippen LogP contribution in [-0.4, -0.2) is 11.9 Å². The molecule has 1 fully saturated rings. The molecule has 0 aromatic heterocycles. The third-order valence-electron chi connectivity index (χ3n) is 4.67. The van der Waals surface area contributed by atoms with Gasteiger partial charge in [0, 0.05) is 11.9 Å². The van der Waals surface area contributed by atoms with Gasteiger partial charge in [-0.25, -0.2) is 9.78 Å². The van der Waals surface area contributed by atoms with Crippen LogP contribution in [0.4, 0.5) is 0 Å². The fourth-order valence-corrected chi connectivity index (χ4v) is 3.49. The van der Waals surface area contributed by atoms with Crippen LogP contribution >= 0.6 is 0 Å². The molecule has 8 heteroatoms. The van der Waals surface area contributed by atoms with E-state index in [1.807, 2.05) is 24.3 Å². The fourth-order valence-electron chi connectivity index (χ4n) is 3.49. The second-order valence-corrected chi connectivity index (χ2v) is 5.94. The van der Waals surface area contributed by atoms with Gasteiger partial charge in [-0.15, -0.1) is 0 Å². The van der Waals surface area contributed by atoms with Crippen molar-refractivity contribution < 1.29 is 88.7 Å². The van der Waals surface area contributed by atoms with Crippen LogP contribution in [-0.2, 0) is 30.6 Å². The van der Waals surface area contributed by atoms with Crippen molar-refractivity contribution >= 4 is 11.9 Å². The predicted molar refractivity (Wildman–Crippen MR) is 69.7 cm³/mol. The van der Waals surface area contributed by atoms with Gasteiger partial charge in [-0.1, -0.05) is 24.3 Å². The Balaban J connectivity index is 0.00000144. The second-order valence-electron chi connectivity index (χ2n) is 5.94. The number of benzene rings is 1. The van der Waals surface area contributed by atoms with Crippen LogP contribution in [0.2, 0.25) is 0 Å². The summed E-state index contributed by atoms with van der Waals surface area (Å²) in [4.78, 5) is 32.7. The van der Waals surface area contributed by atoms with Gasteiger partial charge in [-0.3, -0.25) is 0 Å². The summed E-state index contributed by atoms with van der Waals surface area (Å²) >= 11 is 0. The van der Waals surface area contributed by atoms with Crippen LogP contribution in [0.15, 0.2) is 24.3 Å². The number of carboxylic acids is 2. The molecule has 6 nitrogen and oxygen atoms in total.